The molecule has 0 unspecified atom stereocenters. The van der Waals surface area contributed by atoms with Gasteiger partial charge in [-0.2, -0.15) is 0 Å². The van der Waals surface area contributed by atoms with Crippen LogP contribution in [0.1, 0.15) is 34.7 Å². The Bertz CT molecular complexity index is 658. The van der Waals surface area contributed by atoms with E-state index < -0.39 is 11.6 Å². The summed E-state index contributed by atoms with van der Waals surface area (Å²) in [6, 6.07) is 11.4. The molecule has 1 aliphatic rings. The molecule has 0 aliphatic carbocycles. The van der Waals surface area contributed by atoms with E-state index >= 15 is 0 Å². The van der Waals surface area contributed by atoms with Crippen molar-refractivity contribution in [3.8, 4) is 0 Å². The molecule has 0 atom stereocenters. The second kappa shape index (κ2) is 6.26. The third-order valence-corrected chi connectivity index (χ3v) is 4.31. The minimum atomic E-state index is -0.466. The average Bonchev–Trinajstić information content (AvgIpc) is 2.55. The van der Waals surface area contributed by atoms with Crippen molar-refractivity contribution in [2.45, 2.75) is 18.8 Å². The van der Waals surface area contributed by atoms with Crippen molar-refractivity contribution in [3.63, 3.8) is 0 Å². The molecule has 2 aromatic rings. The molecule has 0 spiro atoms. The highest BCUT2D eigenvalue weighted by atomic mass is 19.1. The molecule has 114 valence electrons. The van der Waals surface area contributed by atoms with Gasteiger partial charge in [-0.05, 0) is 43.0 Å². The Balaban J connectivity index is 1.77. The highest BCUT2D eigenvalue weighted by molar-refractivity contribution is 5.84. The van der Waals surface area contributed by atoms with Gasteiger partial charge in [0.2, 0.25) is 0 Å². The normalized spacial score (nSPS) is 15.8. The maximum Gasteiger partial charge on any atom is 0.152 e. The highest BCUT2D eigenvalue weighted by Gasteiger charge is 2.26. The number of hydrogen-bond acceptors (Lipinski definition) is 2. The molecule has 0 saturated carbocycles. The quantitative estimate of drug-likeness (QED) is 0.793. The molecule has 1 fully saturated rings. The number of halogens is 2. The summed E-state index contributed by atoms with van der Waals surface area (Å²) in [5.41, 5.74) is 1.74. The van der Waals surface area contributed by atoms with Crippen LogP contribution in [0.3, 0.4) is 0 Å². The van der Waals surface area contributed by atoms with Crippen LogP contribution in [0.25, 0.3) is 0 Å². The number of anilines is 1. The predicted molar refractivity (Wildman–Crippen MR) is 82.4 cm³/mol. The Morgan fingerprint density at radius 3 is 2.23 bits per heavy atom. The molecule has 0 N–H and O–H groups in total. The molecule has 1 heterocycles. The number of piperidine rings is 1. The second-order valence-electron chi connectivity index (χ2n) is 5.57. The summed E-state index contributed by atoms with van der Waals surface area (Å²) in [7, 11) is 0. The van der Waals surface area contributed by atoms with Crippen LogP contribution < -0.4 is 4.90 Å². The van der Waals surface area contributed by atoms with Gasteiger partial charge in [-0.1, -0.05) is 18.2 Å². The molecule has 0 amide bonds. The van der Waals surface area contributed by atoms with Crippen LogP contribution in [0.15, 0.2) is 42.5 Å². The number of nitrogens with zero attached hydrogens (tertiary/aromatic N) is 1. The maximum absolute atomic E-state index is 13.9. The first kappa shape index (κ1) is 14.7. The fourth-order valence-corrected chi connectivity index (χ4v) is 3.18. The maximum atomic E-state index is 13.9. The molecule has 0 aromatic heterocycles. The lowest BCUT2D eigenvalue weighted by Crippen LogP contribution is -2.34. The Hall–Kier alpha value is -2.23. The monoisotopic (exact) mass is 301 g/mol. The number of para-hydroxylation sites is 1. The molecular weight excluding hydrogens is 284 g/mol. The fraction of sp³-hybridized carbons (Fsp3) is 0.278. The van der Waals surface area contributed by atoms with Gasteiger partial charge in [0.1, 0.15) is 11.6 Å². The minimum Gasteiger partial charge on any atom is -0.371 e. The smallest absolute Gasteiger partial charge is 0.152 e. The van der Waals surface area contributed by atoms with Gasteiger partial charge in [0.05, 0.1) is 0 Å². The summed E-state index contributed by atoms with van der Waals surface area (Å²) in [6.07, 6.45) is 2.19. The second-order valence-corrected chi connectivity index (χ2v) is 5.57. The number of carbonyl (C=O) groups is 1. The van der Waals surface area contributed by atoms with Gasteiger partial charge in [0, 0.05) is 29.9 Å². The predicted octanol–water partition coefficient (Wildman–Crippen LogP) is 4.16. The molecule has 1 saturated heterocycles. The molecular formula is C18H17F2NO. The van der Waals surface area contributed by atoms with Crippen LogP contribution in [0.4, 0.5) is 14.5 Å². The van der Waals surface area contributed by atoms with Crippen LogP contribution in [-0.2, 0) is 0 Å². The first-order valence-corrected chi connectivity index (χ1v) is 7.43. The summed E-state index contributed by atoms with van der Waals surface area (Å²) >= 11 is 0. The van der Waals surface area contributed by atoms with Crippen LogP contribution in [0.2, 0.25) is 0 Å². The van der Waals surface area contributed by atoms with Crippen LogP contribution in [0, 0.1) is 11.6 Å². The third kappa shape index (κ3) is 2.73. The van der Waals surface area contributed by atoms with Crippen LogP contribution in [-0.4, -0.2) is 19.4 Å². The van der Waals surface area contributed by atoms with Gasteiger partial charge in [-0.25, -0.2) is 8.78 Å². The van der Waals surface area contributed by atoms with Crippen molar-refractivity contribution in [2.24, 2.45) is 0 Å². The SMILES string of the molecule is O=Cc1ccccc1N1CCC(c2c(F)cccc2F)CC1. The Morgan fingerprint density at radius 1 is 0.955 bits per heavy atom. The van der Waals surface area contributed by atoms with Gasteiger partial charge in [-0.3, -0.25) is 4.79 Å². The van der Waals surface area contributed by atoms with Gasteiger partial charge in [0.25, 0.3) is 0 Å². The van der Waals surface area contributed by atoms with Crippen molar-refractivity contribution >= 4 is 12.0 Å². The van der Waals surface area contributed by atoms with E-state index in [-0.39, 0.29) is 11.5 Å². The standard InChI is InChI=1S/C18H17F2NO/c19-15-5-3-6-16(20)18(15)13-8-10-21(11-9-13)17-7-2-1-4-14(17)12-22/h1-7,12-13H,8-11H2. The lowest BCUT2D eigenvalue weighted by Gasteiger charge is -2.34. The molecule has 0 bridgehead atoms. The van der Waals surface area contributed by atoms with E-state index in [0.717, 1.165) is 12.0 Å². The van der Waals surface area contributed by atoms with E-state index in [2.05, 4.69) is 4.90 Å². The molecule has 3 rings (SSSR count). The van der Waals surface area contributed by atoms with Gasteiger partial charge in [-0.15, -0.1) is 0 Å². The highest BCUT2D eigenvalue weighted by Crippen LogP contribution is 2.34. The number of carbonyl (C=O) groups excluding carboxylic acids is 1. The van der Waals surface area contributed by atoms with Crippen molar-refractivity contribution < 1.29 is 13.6 Å². The van der Waals surface area contributed by atoms with E-state index in [1.54, 1.807) is 6.07 Å². The van der Waals surface area contributed by atoms with Crippen molar-refractivity contribution in [3.05, 3.63) is 65.2 Å². The zero-order valence-corrected chi connectivity index (χ0v) is 12.1. The van der Waals surface area contributed by atoms with E-state index in [9.17, 15) is 13.6 Å². The van der Waals surface area contributed by atoms with Crippen molar-refractivity contribution in [1.82, 2.24) is 0 Å². The van der Waals surface area contributed by atoms with Gasteiger partial charge < -0.3 is 4.90 Å². The third-order valence-electron chi connectivity index (χ3n) is 4.31. The first-order chi connectivity index (χ1) is 10.7. The zero-order valence-electron chi connectivity index (χ0n) is 12.1. The summed E-state index contributed by atoms with van der Waals surface area (Å²) in [6.45, 7) is 1.37. The summed E-state index contributed by atoms with van der Waals surface area (Å²) < 4.78 is 27.7. The van der Waals surface area contributed by atoms with Crippen molar-refractivity contribution in [1.29, 1.82) is 0 Å². The van der Waals surface area contributed by atoms with Crippen LogP contribution in [0.5, 0.6) is 0 Å². The largest absolute Gasteiger partial charge is 0.371 e. The van der Waals surface area contributed by atoms with E-state index in [0.29, 0.717) is 31.5 Å². The number of rotatable bonds is 3. The molecule has 22 heavy (non-hydrogen) atoms. The average molecular weight is 301 g/mol. The summed E-state index contributed by atoms with van der Waals surface area (Å²) in [5.74, 6) is -1.04. The van der Waals surface area contributed by atoms with E-state index in [1.807, 2.05) is 18.2 Å². The fourth-order valence-electron chi connectivity index (χ4n) is 3.18. The Labute approximate surface area is 128 Å². The Kier molecular flexibility index (Phi) is 4.18. The first-order valence-electron chi connectivity index (χ1n) is 7.43. The van der Waals surface area contributed by atoms with Crippen molar-refractivity contribution in [2.75, 3.05) is 18.0 Å². The Morgan fingerprint density at radius 2 is 1.59 bits per heavy atom. The summed E-state index contributed by atoms with van der Waals surface area (Å²) in [5, 5.41) is 0. The lowest BCUT2D eigenvalue weighted by molar-refractivity contribution is 0.112. The molecule has 4 heteroatoms. The molecule has 1 aliphatic heterocycles. The van der Waals surface area contributed by atoms with Gasteiger partial charge in [0.15, 0.2) is 6.29 Å². The lowest BCUT2D eigenvalue weighted by atomic mass is 9.88. The number of benzene rings is 2. The number of hydrogen-bond donors (Lipinski definition) is 0. The minimum absolute atomic E-state index is 0.110. The topological polar surface area (TPSA) is 20.3 Å². The summed E-state index contributed by atoms with van der Waals surface area (Å²) in [4.78, 5) is 13.2. The molecule has 0 radical (unpaired) electrons. The van der Waals surface area contributed by atoms with Crippen LogP contribution >= 0.6 is 0 Å². The van der Waals surface area contributed by atoms with Gasteiger partial charge >= 0.3 is 0 Å². The molecule has 2 nitrogen and oxygen atoms in total. The molecule has 2 aromatic carbocycles. The van der Waals surface area contributed by atoms with E-state index in [1.165, 1.54) is 18.2 Å². The van der Waals surface area contributed by atoms with E-state index in [4.69, 9.17) is 0 Å². The number of aldehydes is 1. The zero-order chi connectivity index (χ0) is 15.5.